The first kappa shape index (κ1) is 9.71. The van der Waals surface area contributed by atoms with Gasteiger partial charge in [0.05, 0.1) is 0 Å². The van der Waals surface area contributed by atoms with Gasteiger partial charge in [0.25, 0.3) is 0 Å². The van der Waals surface area contributed by atoms with E-state index < -0.39 is 0 Å². The molecule has 76 valence electrons. The van der Waals surface area contributed by atoms with Gasteiger partial charge in [-0.1, -0.05) is 30.3 Å². The van der Waals surface area contributed by atoms with Crippen LogP contribution >= 0.6 is 0 Å². The van der Waals surface area contributed by atoms with E-state index in [4.69, 9.17) is 4.74 Å². The molecule has 0 radical (unpaired) electrons. The molecule has 1 heterocycles. The average molecular weight is 199 g/mol. The normalized spacial score (nSPS) is 9.93. The van der Waals surface area contributed by atoms with E-state index in [-0.39, 0.29) is 0 Å². The summed E-state index contributed by atoms with van der Waals surface area (Å²) >= 11 is 0. The van der Waals surface area contributed by atoms with Crippen LogP contribution in [0.25, 0.3) is 0 Å². The van der Waals surface area contributed by atoms with Gasteiger partial charge in [0, 0.05) is 18.0 Å². The molecule has 0 spiro atoms. The van der Waals surface area contributed by atoms with Gasteiger partial charge in [-0.05, 0) is 18.6 Å². The van der Waals surface area contributed by atoms with Crippen molar-refractivity contribution in [2.75, 3.05) is 0 Å². The molecule has 2 rings (SSSR count). The molecule has 0 aliphatic carbocycles. The van der Waals surface area contributed by atoms with Crippen molar-refractivity contribution in [2.24, 2.45) is 0 Å². The first-order chi connectivity index (χ1) is 7.36. The second-order valence-electron chi connectivity index (χ2n) is 3.42. The van der Waals surface area contributed by atoms with E-state index in [0.29, 0.717) is 6.61 Å². The van der Waals surface area contributed by atoms with Crippen LogP contribution in [0.3, 0.4) is 0 Å². The summed E-state index contributed by atoms with van der Waals surface area (Å²) in [5.74, 6) is 0.897. The molecular weight excluding hydrogens is 186 g/mol. The van der Waals surface area contributed by atoms with Gasteiger partial charge in [-0.3, -0.25) is 4.98 Å². The van der Waals surface area contributed by atoms with Gasteiger partial charge in [-0.25, -0.2) is 0 Å². The molecule has 1 aromatic carbocycles. The van der Waals surface area contributed by atoms with Crippen LogP contribution in [0.1, 0.15) is 11.1 Å². The molecule has 0 saturated heterocycles. The standard InChI is InChI=1S/C13H13NO/c1-11-9-14-8-7-13(11)15-10-12-5-3-2-4-6-12/h2-9H,10H2,1H3. The summed E-state index contributed by atoms with van der Waals surface area (Å²) in [4.78, 5) is 4.02. The van der Waals surface area contributed by atoms with E-state index in [0.717, 1.165) is 11.3 Å². The number of benzene rings is 1. The van der Waals surface area contributed by atoms with E-state index in [1.807, 2.05) is 31.2 Å². The van der Waals surface area contributed by atoms with Crippen LogP contribution < -0.4 is 4.74 Å². The quantitative estimate of drug-likeness (QED) is 0.758. The number of hydrogen-bond acceptors (Lipinski definition) is 2. The summed E-state index contributed by atoms with van der Waals surface area (Å²) in [6.45, 7) is 2.60. The van der Waals surface area contributed by atoms with Gasteiger partial charge in [-0.2, -0.15) is 0 Å². The summed E-state index contributed by atoms with van der Waals surface area (Å²) in [7, 11) is 0. The Hall–Kier alpha value is -1.83. The van der Waals surface area contributed by atoms with Crippen molar-refractivity contribution in [3.05, 3.63) is 59.9 Å². The van der Waals surface area contributed by atoms with E-state index >= 15 is 0 Å². The predicted octanol–water partition coefficient (Wildman–Crippen LogP) is 2.97. The number of aromatic nitrogens is 1. The third kappa shape index (κ3) is 2.56. The predicted molar refractivity (Wildman–Crippen MR) is 59.7 cm³/mol. The molecule has 0 saturated carbocycles. The number of hydrogen-bond donors (Lipinski definition) is 0. The Morgan fingerprint density at radius 2 is 1.93 bits per heavy atom. The van der Waals surface area contributed by atoms with Crippen molar-refractivity contribution in [3.8, 4) is 5.75 Å². The van der Waals surface area contributed by atoms with Crippen LogP contribution in [0, 0.1) is 6.92 Å². The molecule has 0 N–H and O–H groups in total. The molecule has 0 unspecified atom stereocenters. The Bertz CT molecular complexity index is 426. The molecule has 0 atom stereocenters. The molecule has 15 heavy (non-hydrogen) atoms. The lowest BCUT2D eigenvalue weighted by Crippen LogP contribution is -1.96. The molecule has 0 amide bonds. The maximum Gasteiger partial charge on any atom is 0.125 e. The Morgan fingerprint density at radius 3 is 2.67 bits per heavy atom. The minimum Gasteiger partial charge on any atom is -0.489 e. The summed E-state index contributed by atoms with van der Waals surface area (Å²) in [5.41, 5.74) is 2.24. The summed E-state index contributed by atoms with van der Waals surface area (Å²) in [5, 5.41) is 0. The Morgan fingerprint density at radius 1 is 1.13 bits per heavy atom. The zero-order valence-electron chi connectivity index (χ0n) is 8.68. The summed E-state index contributed by atoms with van der Waals surface area (Å²) in [6, 6.07) is 12.0. The first-order valence-electron chi connectivity index (χ1n) is 4.93. The van der Waals surface area contributed by atoms with Crippen LogP contribution in [-0.2, 0) is 6.61 Å². The van der Waals surface area contributed by atoms with E-state index in [1.165, 1.54) is 5.56 Å². The number of rotatable bonds is 3. The lowest BCUT2D eigenvalue weighted by molar-refractivity contribution is 0.303. The van der Waals surface area contributed by atoms with Crippen LogP contribution in [0.4, 0.5) is 0 Å². The zero-order valence-corrected chi connectivity index (χ0v) is 8.68. The fourth-order valence-electron chi connectivity index (χ4n) is 1.36. The molecule has 2 nitrogen and oxygen atoms in total. The van der Waals surface area contributed by atoms with Crippen LogP contribution in [0.2, 0.25) is 0 Å². The van der Waals surface area contributed by atoms with Gasteiger partial charge in [-0.15, -0.1) is 0 Å². The molecule has 0 bridgehead atoms. The molecule has 0 fully saturated rings. The maximum absolute atomic E-state index is 5.68. The Labute approximate surface area is 89.6 Å². The highest BCUT2D eigenvalue weighted by Gasteiger charge is 1.98. The van der Waals surface area contributed by atoms with Crippen LogP contribution in [0.5, 0.6) is 5.75 Å². The Balaban J connectivity index is 2.03. The number of aryl methyl sites for hydroxylation is 1. The van der Waals surface area contributed by atoms with Crippen molar-refractivity contribution in [3.63, 3.8) is 0 Å². The van der Waals surface area contributed by atoms with Crippen molar-refractivity contribution in [1.82, 2.24) is 4.98 Å². The highest BCUT2D eigenvalue weighted by atomic mass is 16.5. The fraction of sp³-hybridized carbons (Fsp3) is 0.154. The van der Waals surface area contributed by atoms with Gasteiger partial charge in [0.15, 0.2) is 0 Å². The molecule has 2 aromatic rings. The van der Waals surface area contributed by atoms with E-state index in [2.05, 4.69) is 17.1 Å². The molecule has 1 aromatic heterocycles. The lowest BCUT2D eigenvalue weighted by Gasteiger charge is -2.07. The monoisotopic (exact) mass is 199 g/mol. The largest absolute Gasteiger partial charge is 0.489 e. The number of pyridine rings is 1. The zero-order chi connectivity index (χ0) is 10.5. The molecule has 2 heteroatoms. The van der Waals surface area contributed by atoms with Crippen molar-refractivity contribution >= 4 is 0 Å². The summed E-state index contributed by atoms with van der Waals surface area (Å²) in [6.07, 6.45) is 3.55. The summed E-state index contributed by atoms with van der Waals surface area (Å²) < 4.78 is 5.68. The third-order valence-corrected chi connectivity index (χ3v) is 2.21. The smallest absolute Gasteiger partial charge is 0.125 e. The average Bonchev–Trinajstić information content (AvgIpc) is 2.29. The molecule has 0 aliphatic heterocycles. The Kier molecular flexibility index (Phi) is 2.98. The number of ether oxygens (including phenoxy) is 1. The van der Waals surface area contributed by atoms with E-state index in [9.17, 15) is 0 Å². The van der Waals surface area contributed by atoms with Crippen molar-refractivity contribution in [1.29, 1.82) is 0 Å². The SMILES string of the molecule is Cc1cnccc1OCc1ccccc1. The van der Waals surface area contributed by atoms with Gasteiger partial charge in [0.2, 0.25) is 0 Å². The first-order valence-corrected chi connectivity index (χ1v) is 4.93. The minimum absolute atomic E-state index is 0.603. The fourth-order valence-corrected chi connectivity index (χ4v) is 1.36. The second kappa shape index (κ2) is 4.60. The molecule has 0 aliphatic rings. The van der Waals surface area contributed by atoms with Crippen molar-refractivity contribution < 1.29 is 4.74 Å². The minimum atomic E-state index is 0.603. The van der Waals surface area contributed by atoms with Gasteiger partial charge < -0.3 is 4.74 Å². The number of nitrogens with zero attached hydrogens (tertiary/aromatic N) is 1. The van der Waals surface area contributed by atoms with Crippen LogP contribution in [0.15, 0.2) is 48.8 Å². The van der Waals surface area contributed by atoms with Gasteiger partial charge >= 0.3 is 0 Å². The second-order valence-corrected chi connectivity index (χ2v) is 3.42. The van der Waals surface area contributed by atoms with Crippen LogP contribution in [-0.4, -0.2) is 4.98 Å². The van der Waals surface area contributed by atoms with Gasteiger partial charge in [0.1, 0.15) is 12.4 Å². The topological polar surface area (TPSA) is 22.1 Å². The van der Waals surface area contributed by atoms with E-state index in [1.54, 1.807) is 12.4 Å². The third-order valence-electron chi connectivity index (χ3n) is 2.21. The highest BCUT2D eigenvalue weighted by molar-refractivity contribution is 5.28. The van der Waals surface area contributed by atoms with Crippen molar-refractivity contribution in [2.45, 2.75) is 13.5 Å². The highest BCUT2D eigenvalue weighted by Crippen LogP contribution is 2.16. The molecular formula is C13H13NO. The maximum atomic E-state index is 5.68. The lowest BCUT2D eigenvalue weighted by atomic mass is 10.2.